The van der Waals surface area contributed by atoms with E-state index in [0.717, 1.165) is 38.7 Å². The first-order valence-corrected chi connectivity index (χ1v) is 8.06. The molecule has 1 aromatic carbocycles. The van der Waals surface area contributed by atoms with Crippen molar-refractivity contribution in [2.75, 3.05) is 7.11 Å². The van der Waals surface area contributed by atoms with Gasteiger partial charge in [-0.25, -0.2) is 4.98 Å². The number of benzene rings is 1. The van der Waals surface area contributed by atoms with Crippen molar-refractivity contribution in [1.29, 1.82) is 0 Å². The minimum absolute atomic E-state index is 0.626. The van der Waals surface area contributed by atoms with Crippen LogP contribution in [-0.2, 0) is 0 Å². The molecule has 4 heteroatoms. The quantitative estimate of drug-likeness (QED) is 0.548. The molecule has 0 aliphatic carbocycles. The molecule has 0 atom stereocenters. The van der Waals surface area contributed by atoms with Crippen molar-refractivity contribution in [3.8, 4) is 28.1 Å². The Balaban J connectivity index is 1.90. The first kappa shape index (κ1) is 15.3. The minimum atomic E-state index is 0.626. The van der Waals surface area contributed by atoms with Crippen LogP contribution in [0.3, 0.4) is 0 Å². The van der Waals surface area contributed by atoms with Gasteiger partial charge in [-0.1, -0.05) is 6.07 Å². The third-order valence-corrected chi connectivity index (χ3v) is 4.34. The molecule has 4 rings (SSSR count). The van der Waals surface area contributed by atoms with Crippen molar-refractivity contribution in [1.82, 2.24) is 15.0 Å². The molecule has 0 N–H and O–H groups in total. The SMILES string of the molecule is COc1cc(C)c(-c2ccc3nccc(-c4ccncc4)c3c2)cn1. The zero-order valence-corrected chi connectivity index (χ0v) is 14.1. The lowest BCUT2D eigenvalue weighted by Gasteiger charge is -2.11. The Morgan fingerprint density at radius 3 is 2.40 bits per heavy atom. The second-order valence-electron chi connectivity index (χ2n) is 5.87. The number of ether oxygens (including phenoxy) is 1. The van der Waals surface area contributed by atoms with Gasteiger partial charge in [0.1, 0.15) is 0 Å². The van der Waals surface area contributed by atoms with E-state index in [1.54, 1.807) is 7.11 Å². The van der Waals surface area contributed by atoms with Gasteiger partial charge < -0.3 is 4.74 Å². The second kappa shape index (κ2) is 6.32. The normalized spacial score (nSPS) is 10.8. The van der Waals surface area contributed by atoms with E-state index in [1.165, 1.54) is 0 Å². The fourth-order valence-electron chi connectivity index (χ4n) is 3.04. The zero-order chi connectivity index (χ0) is 17.2. The molecule has 0 saturated carbocycles. The van der Waals surface area contributed by atoms with Crippen LogP contribution in [0.2, 0.25) is 0 Å². The molecule has 3 aromatic heterocycles. The summed E-state index contributed by atoms with van der Waals surface area (Å²) in [6.45, 7) is 2.07. The second-order valence-corrected chi connectivity index (χ2v) is 5.87. The van der Waals surface area contributed by atoms with Crippen molar-refractivity contribution >= 4 is 10.9 Å². The predicted octanol–water partition coefficient (Wildman–Crippen LogP) is 4.68. The Kier molecular flexibility index (Phi) is 3.86. The highest BCUT2D eigenvalue weighted by Gasteiger charge is 2.09. The molecular formula is C21H17N3O. The maximum absolute atomic E-state index is 5.21. The molecule has 4 aromatic rings. The number of aryl methyl sites for hydroxylation is 1. The number of rotatable bonds is 3. The number of fused-ring (bicyclic) bond motifs is 1. The van der Waals surface area contributed by atoms with Crippen LogP contribution in [0.4, 0.5) is 0 Å². The summed E-state index contributed by atoms with van der Waals surface area (Å²) >= 11 is 0. The summed E-state index contributed by atoms with van der Waals surface area (Å²) in [5.41, 5.74) is 6.57. The lowest BCUT2D eigenvalue weighted by Crippen LogP contribution is -1.92. The summed E-state index contributed by atoms with van der Waals surface area (Å²) in [6, 6.07) is 14.3. The molecule has 0 saturated heterocycles. The summed E-state index contributed by atoms with van der Waals surface area (Å²) in [6.07, 6.45) is 7.32. The van der Waals surface area contributed by atoms with Crippen molar-refractivity contribution in [3.63, 3.8) is 0 Å². The molecular weight excluding hydrogens is 310 g/mol. The molecule has 0 bridgehead atoms. The maximum atomic E-state index is 5.21. The molecule has 0 spiro atoms. The van der Waals surface area contributed by atoms with Gasteiger partial charge in [0.05, 0.1) is 12.6 Å². The standard InChI is InChI=1S/C21H17N3O/c1-14-11-21(25-2)24-13-19(14)16-3-4-20-18(12-16)17(7-10-23-20)15-5-8-22-9-6-15/h3-13H,1-2H3. The van der Waals surface area contributed by atoms with Gasteiger partial charge in [-0.3, -0.25) is 9.97 Å². The van der Waals surface area contributed by atoms with Gasteiger partial charge in [0.25, 0.3) is 0 Å². The van der Waals surface area contributed by atoms with E-state index < -0.39 is 0 Å². The van der Waals surface area contributed by atoms with Gasteiger partial charge in [-0.05, 0) is 59.5 Å². The van der Waals surface area contributed by atoms with Crippen molar-refractivity contribution in [3.05, 3.63) is 72.8 Å². The average molecular weight is 327 g/mol. The Bertz CT molecular complexity index is 1050. The Labute approximate surface area is 146 Å². The fourth-order valence-corrected chi connectivity index (χ4v) is 3.04. The average Bonchev–Trinajstić information content (AvgIpc) is 2.67. The number of hydrogen-bond acceptors (Lipinski definition) is 4. The summed E-state index contributed by atoms with van der Waals surface area (Å²) in [4.78, 5) is 13.0. The third-order valence-electron chi connectivity index (χ3n) is 4.34. The number of nitrogens with zero attached hydrogens (tertiary/aromatic N) is 3. The highest BCUT2D eigenvalue weighted by Crippen LogP contribution is 2.32. The zero-order valence-electron chi connectivity index (χ0n) is 14.1. The Hall–Kier alpha value is -3.27. The topological polar surface area (TPSA) is 47.9 Å². The van der Waals surface area contributed by atoms with Gasteiger partial charge in [-0.15, -0.1) is 0 Å². The molecule has 122 valence electrons. The van der Waals surface area contributed by atoms with Crippen LogP contribution in [-0.4, -0.2) is 22.1 Å². The monoisotopic (exact) mass is 327 g/mol. The summed E-state index contributed by atoms with van der Waals surface area (Å²) in [7, 11) is 1.63. The minimum Gasteiger partial charge on any atom is -0.481 e. The van der Waals surface area contributed by atoms with Crippen LogP contribution >= 0.6 is 0 Å². The molecule has 3 heterocycles. The maximum Gasteiger partial charge on any atom is 0.213 e. The molecule has 0 aliphatic heterocycles. The number of methoxy groups -OCH3 is 1. The highest BCUT2D eigenvalue weighted by molar-refractivity contribution is 5.96. The molecule has 0 fully saturated rings. The van der Waals surface area contributed by atoms with E-state index in [0.29, 0.717) is 5.88 Å². The van der Waals surface area contributed by atoms with Gasteiger partial charge >= 0.3 is 0 Å². The van der Waals surface area contributed by atoms with Crippen molar-refractivity contribution < 1.29 is 4.74 Å². The summed E-state index contributed by atoms with van der Waals surface area (Å²) < 4.78 is 5.21. The summed E-state index contributed by atoms with van der Waals surface area (Å²) in [5, 5.41) is 1.11. The number of hydrogen-bond donors (Lipinski definition) is 0. The third kappa shape index (κ3) is 2.83. The molecule has 0 amide bonds. The van der Waals surface area contributed by atoms with Crippen LogP contribution < -0.4 is 4.74 Å². The molecule has 0 radical (unpaired) electrons. The van der Waals surface area contributed by atoms with Crippen LogP contribution in [0.5, 0.6) is 5.88 Å². The first-order chi connectivity index (χ1) is 12.3. The van der Waals surface area contributed by atoms with Crippen molar-refractivity contribution in [2.24, 2.45) is 0 Å². The lowest BCUT2D eigenvalue weighted by molar-refractivity contribution is 0.397. The fraction of sp³-hybridized carbons (Fsp3) is 0.0952. The van der Waals surface area contributed by atoms with Crippen molar-refractivity contribution in [2.45, 2.75) is 6.92 Å². The molecule has 0 aliphatic rings. The van der Waals surface area contributed by atoms with E-state index in [4.69, 9.17) is 4.74 Å². The van der Waals surface area contributed by atoms with Gasteiger partial charge in [-0.2, -0.15) is 0 Å². The van der Waals surface area contributed by atoms with Crippen LogP contribution in [0.1, 0.15) is 5.56 Å². The van der Waals surface area contributed by atoms with Gasteiger partial charge in [0, 0.05) is 41.8 Å². The lowest BCUT2D eigenvalue weighted by atomic mass is 9.97. The molecule has 4 nitrogen and oxygen atoms in total. The van der Waals surface area contributed by atoms with E-state index in [-0.39, 0.29) is 0 Å². The first-order valence-electron chi connectivity index (χ1n) is 8.06. The highest BCUT2D eigenvalue weighted by atomic mass is 16.5. The van der Waals surface area contributed by atoms with E-state index in [2.05, 4.69) is 40.1 Å². The number of aromatic nitrogens is 3. The number of pyridine rings is 3. The smallest absolute Gasteiger partial charge is 0.213 e. The molecule has 25 heavy (non-hydrogen) atoms. The van der Waals surface area contributed by atoms with E-state index in [9.17, 15) is 0 Å². The van der Waals surface area contributed by atoms with Crippen LogP contribution in [0.25, 0.3) is 33.2 Å². The van der Waals surface area contributed by atoms with E-state index >= 15 is 0 Å². The Morgan fingerprint density at radius 2 is 1.64 bits per heavy atom. The summed E-state index contributed by atoms with van der Waals surface area (Å²) in [5.74, 6) is 0.626. The van der Waals surface area contributed by atoms with Crippen LogP contribution in [0, 0.1) is 6.92 Å². The Morgan fingerprint density at radius 1 is 0.800 bits per heavy atom. The van der Waals surface area contributed by atoms with Gasteiger partial charge in [0.15, 0.2) is 0 Å². The van der Waals surface area contributed by atoms with E-state index in [1.807, 2.05) is 49.1 Å². The molecule has 0 unspecified atom stereocenters. The largest absolute Gasteiger partial charge is 0.481 e. The predicted molar refractivity (Wildman–Crippen MR) is 99.5 cm³/mol. The van der Waals surface area contributed by atoms with Gasteiger partial charge in [0.2, 0.25) is 5.88 Å². The van der Waals surface area contributed by atoms with Crippen LogP contribution in [0.15, 0.2) is 67.3 Å².